The lowest BCUT2D eigenvalue weighted by atomic mass is 10.1. The van der Waals surface area contributed by atoms with Crippen molar-refractivity contribution in [1.82, 2.24) is 20.1 Å². The zero-order valence-corrected chi connectivity index (χ0v) is 11.7. The molecule has 0 bridgehead atoms. The van der Waals surface area contributed by atoms with Crippen molar-refractivity contribution in [1.29, 1.82) is 0 Å². The van der Waals surface area contributed by atoms with Crippen LogP contribution in [0.15, 0.2) is 11.5 Å². The van der Waals surface area contributed by atoms with Gasteiger partial charge in [-0.25, -0.2) is 9.67 Å². The van der Waals surface area contributed by atoms with Gasteiger partial charge >= 0.3 is 0 Å². The van der Waals surface area contributed by atoms with Crippen LogP contribution in [0.4, 0.5) is 0 Å². The number of aryl methyl sites for hydroxylation is 1. The van der Waals surface area contributed by atoms with Crippen LogP contribution in [-0.2, 0) is 7.05 Å². The van der Waals surface area contributed by atoms with Gasteiger partial charge in [-0.15, -0.1) is 0 Å². The van der Waals surface area contributed by atoms with E-state index in [1.807, 2.05) is 23.5 Å². The summed E-state index contributed by atoms with van der Waals surface area (Å²) in [4.78, 5) is 4.30. The average molecular weight is 254 g/mol. The van der Waals surface area contributed by atoms with Crippen molar-refractivity contribution >= 4 is 11.8 Å². The second kappa shape index (κ2) is 5.87. The highest BCUT2D eigenvalue weighted by Crippen LogP contribution is 2.37. The van der Waals surface area contributed by atoms with Gasteiger partial charge in [0.15, 0.2) is 5.16 Å². The van der Waals surface area contributed by atoms with Crippen molar-refractivity contribution in [2.75, 3.05) is 6.54 Å². The third kappa shape index (κ3) is 3.01. The number of thioether (sulfide) groups is 1. The normalized spacial score (nSPS) is 28.8. The van der Waals surface area contributed by atoms with Gasteiger partial charge in [-0.3, -0.25) is 0 Å². The quantitative estimate of drug-likeness (QED) is 0.873. The fraction of sp³-hybridized carbons (Fsp3) is 0.833. The molecule has 96 valence electrons. The zero-order chi connectivity index (χ0) is 12.3. The number of aromatic nitrogens is 3. The summed E-state index contributed by atoms with van der Waals surface area (Å²) >= 11 is 1.88. The zero-order valence-electron chi connectivity index (χ0n) is 10.9. The average Bonchev–Trinajstić information content (AvgIpc) is 2.86. The highest BCUT2D eigenvalue weighted by atomic mass is 32.2. The Bertz CT molecular complexity index is 352. The summed E-state index contributed by atoms with van der Waals surface area (Å²) in [7, 11) is 1.96. The van der Waals surface area contributed by atoms with Gasteiger partial charge in [-0.05, 0) is 31.7 Å². The van der Waals surface area contributed by atoms with E-state index < -0.39 is 0 Å². The molecule has 0 radical (unpaired) electrons. The molecule has 2 rings (SSSR count). The fourth-order valence-electron chi connectivity index (χ4n) is 2.44. The minimum absolute atomic E-state index is 0.673. The smallest absolute Gasteiger partial charge is 0.186 e. The largest absolute Gasteiger partial charge is 0.314 e. The molecule has 3 atom stereocenters. The van der Waals surface area contributed by atoms with Crippen molar-refractivity contribution in [3.05, 3.63) is 6.33 Å². The Morgan fingerprint density at radius 3 is 3.00 bits per heavy atom. The molecule has 1 saturated carbocycles. The Morgan fingerprint density at radius 1 is 1.53 bits per heavy atom. The molecule has 1 aliphatic carbocycles. The van der Waals surface area contributed by atoms with Crippen LogP contribution in [0.3, 0.4) is 0 Å². The van der Waals surface area contributed by atoms with Gasteiger partial charge in [-0.2, -0.15) is 5.10 Å². The predicted octanol–water partition coefficient (Wildman–Crippen LogP) is 2.07. The molecule has 1 heterocycles. The molecule has 3 unspecified atom stereocenters. The molecule has 0 aromatic carbocycles. The molecule has 5 heteroatoms. The van der Waals surface area contributed by atoms with Gasteiger partial charge in [0.25, 0.3) is 0 Å². The van der Waals surface area contributed by atoms with Crippen LogP contribution >= 0.6 is 11.8 Å². The molecule has 1 N–H and O–H groups in total. The van der Waals surface area contributed by atoms with Crippen molar-refractivity contribution in [3.8, 4) is 0 Å². The summed E-state index contributed by atoms with van der Waals surface area (Å²) in [6, 6.07) is 0.681. The van der Waals surface area contributed by atoms with Crippen molar-refractivity contribution < 1.29 is 0 Å². The molecular formula is C12H22N4S. The molecule has 1 aromatic heterocycles. The maximum absolute atomic E-state index is 4.30. The summed E-state index contributed by atoms with van der Waals surface area (Å²) in [5.41, 5.74) is 0. The molecular weight excluding hydrogens is 232 g/mol. The number of nitrogens with zero attached hydrogens (tertiary/aromatic N) is 3. The molecule has 4 nitrogen and oxygen atoms in total. The summed E-state index contributed by atoms with van der Waals surface area (Å²) in [6.07, 6.45) is 5.41. The van der Waals surface area contributed by atoms with E-state index >= 15 is 0 Å². The Labute approximate surface area is 108 Å². The second-order valence-electron chi connectivity index (χ2n) is 4.82. The number of hydrogen-bond donors (Lipinski definition) is 1. The van der Waals surface area contributed by atoms with Crippen LogP contribution < -0.4 is 5.32 Å². The maximum Gasteiger partial charge on any atom is 0.186 e. The van der Waals surface area contributed by atoms with Gasteiger partial charge in [-0.1, -0.05) is 25.6 Å². The lowest BCUT2D eigenvalue weighted by Crippen LogP contribution is -2.33. The monoisotopic (exact) mass is 254 g/mol. The minimum Gasteiger partial charge on any atom is -0.314 e. The lowest BCUT2D eigenvalue weighted by molar-refractivity contribution is 0.431. The first-order chi connectivity index (χ1) is 8.22. The van der Waals surface area contributed by atoms with Gasteiger partial charge in [0.2, 0.25) is 0 Å². The number of hydrogen-bond acceptors (Lipinski definition) is 4. The summed E-state index contributed by atoms with van der Waals surface area (Å²) in [5, 5.41) is 9.48. The molecule has 0 saturated heterocycles. The van der Waals surface area contributed by atoms with E-state index in [0.717, 1.165) is 11.7 Å². The second-order valence-corrected chi connectivity index (χ2v) is 6.03. The third-order valence-corrected chi connectivity index (χ3v) is 5.11. The first-order valence-corrected chi connectivity index (χ1v) is 7.34. The van der Waals surface area contributed by atoms with Crippen LogP contribution in [0.25, 0.3) is 0 Å². The Morgan fingerprint density at radius 2 is 2.35 bits per heavy atom. The Hall–Kier alpha value is -0.550. The Balaban J connectivity index is 1.89. The van der Waals surface area contributed by atoms with Crippen molar-refractivity contribution in [3.63, 3.8) is 0 Å². The summed E-state index contributed by atoms with van der Waals surface area (Å²) in [6.45, 7) is 5.71. The van der Waals surface area contributed by atoms with Crippen LogP contribution in [0.2, 0.25) is 0 Å². The molecule has 1 fully saturated rings. The maximum atomic E-state index is 4.30. The molecule has 17 heavy (non-hydrogen) atoms. The highest BCUT2D eigenvalue weighted by molar-refractivity contribution is 7.99. The first-order valence-electron chi connectivity index (χ1n) is 6.46. The van der Waals surface area contributed by atoms with E-state index in [-0.39, 0.29) is 0 Å². The van der Waals surface area contributed by atoms with E-state index in [0.29, 0.717) is 17.2 Å². The number of nitrogens with one attached hydrogen (secondary N) is 1. The highest BCUT2D eigenvalue weighted by Gasteiger charge is 2.33. The third-order valence-electron chi connectivity index (χ3n) is 3.57. The van der Waals surface area contributed by atoms with Gasteiger partial charge in [0.05, 0.1) is 0 Å². The molecule has 0 aliphatic heterocycles. The van der Waals surface area contributed by atoms with Crippen LogP contribution in [0, 0.1) is 5.92 Å². The van der Waals surface area contributed by atoms with Crippen LogP contribution in [0.5, 0.6) is 0 Å². The van der Waals surface area contributed by atoms with Crippen LogP contribution in [0.1, 0.15) is 33.1 Å². The Kier molecular flexibility index (Phi) is 4.45. The van der Waals surface area contributed by atoms with E-state index in [4.69, 9.17) is 0 Å². The van der Waals surface area contributed by atoms with Crippen molar-refractivity contribution in [2.45, 2.75) is 49.6 Å². The van der Waals surface area contributed by atoms with Gasteiger partial charge in [0.1, 0.15) is 6.33 Å². The molecule has 0 amide bonds. The summed E-state index contributed by atoms with van der Waals surface area (Å²) < 4.78 is 1.87. The molecule has 1 aromatic rings. The molecule has 1 aliphatic rings. The minimum atomic E-state index is 0.673. The van der Waals surface area contributed by atoms with E-state index in [9.17, 15) is 0 Å². The van der Waals surface area contributed by atoms with E-state index in [2.05, 4.69) is 29.2 Å². The topological polar surface area (TPSA) is 42.7 Å². The summed E-state index contributed by atoms with van der Waals surface area (Å²) in [5.74, 6) is 0.711. The van der Waals surface area contributed by atoms with Gasteiger partial charge in [0, 0.05) is 18.3 Å². The predicted molar refractivity (Wildman–Crippen MR) is 71.1 cm³/mol. The van der Waals surface area contributed by atoms with Crippen LogP contribution in [-0.4, -0.2) is 32.6 Å². The lowest BCUT2D eigenvalue weighted by Gasteiger charge is -2.20. The fourth-order valence-corrected chi connectivity index (χ4v) is 3.68. The van der Waals surface area contributed by atoms with Gasteiger partial charge < -0.3 is 5.32 Å². The SMILES string of the molecule is CCCNC1CCC(Sc2ncnn2C)C1C. The molecule has 0 spiro atoms. The standard InChI is InChI=1S/C12H22N4S/c1-4-7-13-10-5-6-11(9(10)2)17-12-14-8-15-16(12)3/h8-11,13H,4-7H2,1-3H3. The van der Waals surface area contributed by atoms with E-state index in [1.54, 1.807) is 6.33 Å². The number of rotatable bonds is 5. The van der Waals surface area contributed by atoms with Crippen molar-refractivity contribution in [2.24, 2.45) is 13.0 Å². The first kappa shape index (κ1) is 12.9. The van der Waals surface area contributed by atoms with E-state index in [1.165, 1.54) is 19.3 Å².